The molecule has 2 aliphatic heterocycles. The van der Waals surface area contributed by atoms with Crippen LogP contribution >= 0.6 is 0 Å². The van der Waals surface area contributed by atoms with Gasteiger partial charge in [-0.1, -0.05) is 12.1 Å². The van der Waals surface area contributed by atoms with Gasteiger partial charge in [0, 0.05) is 44.4 Å². The highest BCUT2D eigenvalue weighted by atomic mass is 19.1. The molecule has 2 aromatic rings. The molecule has 3 heterocycles. The van der Waals surface area contributed by atoms with Gasteiger partial charge in [-0.25, -0.2) is 4.39 Å². The van der Waals surface area contributed by atoms with Gasteiger partial charge in [-0.2, -0.15) is 5.10 Å². The molecule has 4 rings (SSSR count). The average molecular weight is 331 g/mol. The zero-order valence-electron chi connectivity index (χ0n) is 13.7. The van der Waals surface area contributed by atoms with E-state index in [0.29, 0.717) is 13.2 Å². The van der Waals surface area contributed by atoms with E-state index in [1.54, 1.807) is 12.1 Å². The summed E-state index contributed by atoms with van der Waals surface area (Å²) in [5.41, 5.74) is 2.12. The molecule has 0 aliphatic carbocycles. The minimum absolute atomic E-state index is 0.109. The highest BCUT2D eigenvalue weighted by molar-refractivity contribution is 5.17. The fraction of sp³-hybridized carbons (Fsp3) is 0.500. The average Bonchev–Trinajstić information content (AvgIpc) is 3.20. The molecule has 24 heavy (non-hydrogen) atoms. The molecule has 2 fully saturated rings. The fourth-order valence-electron chi connectivity index (χ4n) is 3.50. The van der Waals surface area contributed by atoms with E-state index in [4.69, 9.17) is 9.47 Å². The highest BCUT2D eigenvalue weighted by Gasteiger charge is 2.40. The lowest BCUT2D eigenvalue weighted by atomic mass is 10.0. The summed E-state index contributed by atoms with van der Waals surface area (Å²) >= 11 is 0. The molecule has 0 N–H and O–H groups in total. The first-order chi connectivity index (χ1) is 11.7. The number of aromatic nitrogens is 2. The maximum absolute atomic E-state index is 13.0. The van der Waals surface area contributed by atoms with Crippen molar-refractivity contribution >= 4 is 0 Å². The van der Waals surface area contributed by atoms with Crippen molar-refractivity contribution in [1.29, 1.82) is 0 Å². The van der Waals surface area contributed by atoms with Crippen molar-refractivity contribution in [2.75, 3.05) is 32.9 Å². The number of ether oxygens (including phenoxy) is 2. The van der Waals surface area contributed by atoms with Crippen LogP contribution in [-0.4, -0.2) is 53.2 Å². The Bertz CT molecular complexity index is 680. The summed E-state index contributed by atoms with van der Waals surface area (Å²) in [6, 6.07) is 6.55. The minimum Gasteiger partial charge on any atom is -0.378 e. The molecule has 1 aromatic heterocycles. The van der Waals surface area contributed by atoms with Crippen LogP contribution in [0.15, 0.2) is 36.7 Å². The van der Waals surface area contributed by atoms with Crippen LogP contribution in [0.3, 0.4) is 0 Å². The molecule has 1 spiro atoms. The van der Waals surface area contributed by atoms with Gasteiger partial charge in [-0.3, -0.25) is 9.58 Å². The summed E-state index contributed by atoms with van der Waals surface area (Å²) < 4.78 is 26.4. The Morgan fingerprint density at radius 3 is 2.79 bits per heavy atom. The number of halogens is 1. The van der Waals surface area contributed by atoms with Crippen molar-refractivity contribution < 1.29 is 13.9 Å². The van der Waals surface area contributed by atoms with Gasteiger partial charge in [0.1, 0.15) is 11.4 Å². The Kier molecular flexibility index (Phi) is 4.35. The standard InChI is InChI=1S/C18H22FN3O2/c19-17-3-1-15(2-4-17)11-22-12-16(9-20-22)10-21-6-8-24-18(13-21)5-7-23-14-18/h1-4,9,12H,5-8,10-11,13-14H2/t18-/m0/s1. The molecule has 0 radical (unpaired) electrons. The van der Waals surface area contributed by atoms with Gasteiger partial charge >= 0.3 is 0 Å². The van der Waals surface area contributed by atoms with Crippen LogP contribution in [0.2, 0.25) is 0 Å². The van der Waals surface area contributed by atoms with E-state index in [2.05, 4.69) is 16.2 Å². The number of hydrogen-bond donors (Lipinski definition) is 0. The number of benzene rings is 1. The lowest BCUT2D eigenvalue weighted by Gasteiger charge is -2.39. The largest absolute Gasteiger partial charge is 0.378 e. The van der Waals surface area contributed by atoms with Crippen molar-refractivity contribution in [2.24, 2.45) is 0 Å². The Hall–Kier alpha value is -1.76. The van der Waals surface area contributed by atoms with Crippen LogP contribution in [0.1, 0.15) is 17.5 Å². The van der Waals surface area contributed by atoms with E-state index in [9.17, 15) is 4.39 Å². The zero-order chi connectivity index (χ0) is 16.4. The summed E-state index contributed by atoms with van der Waals surface area (Å²) in [6.45, 7) is 5.63. The Morgan fingerprint density at radius 2 is 2.00 bits per heavy atom. The van der Waals surface area contributed by atoms with Crippen molar-refractivity contribution in [3.05, 3.63) is 53.6 Å². The maximum atomic E-state index is 13.0. The minimum atomic E-state index is -0.211. The quantitative estimate of drug-likeness (QED) is 0.860. The van der Waals surface area contributed by atoms with E-state index in [1.807, 2.05) is 10.9 Å². The molecule has 6 heteroatoms. The first kappa shape index (κ1) is 15.7. The fourth-order valence-corrected chi connectivity index (χ4v) is 3.50. The molecule has 1 atom stereocenters. The Labute approximate surface area is 141 Å². The Morgan fingerprint density at radius 1 is 1.12 bits per heavy atom. The number of rotatable bonds is 4. The second-order valence-electron chi connectivity index (χ2n) is 6.72. The van der Waals surface area contributed by atoms with E-state index < -0.39 is 0 Å². The maximum Gasteiger partial charge on any atom is 0.123 e. The topological polar surface area (TPSA) is 39.5 Å². The molecular weight excluding hydrogens is 309 g/mol. The molecule has 0 amide bonds. The molecular formula is C18H22FN3O2. The first-order valence-corrected chi connectivity index (χ1v) is 8.41. The van der Waals surface area contributed by atoms with Crippen LogP contribution in [0.25, 0.3) is 0 Å². The van der Waals surface area contributed by atoms with Crippen molar-refractivity contribution in [2.45, 2.75) is 25.1 Å². The van der Waals surface area contributed by atoms with Crippen LogP contribution in [0.4, 0.5) is 4.39 Å². The Balaban J connectivity index is 1.37. The highest BCUT2D eigenvalue weighted by Crippen LogP contribution is 2.28. The lowest BCUT2D eigenvalue weighted by Crippen LogP contribution is -2.51. The normalized spacial score (nSPS) is 24.7. The van der Waals surface area contributed by atoms with Gasteiger partial charge in [0.05, 0.1) is 26.0 Å². The van der Waals surface area contributed by atoms with E-state index in [1.165, 1.54) is 17.7 Å². The van der Waals surface area contributed by atoms with Gasteiger partial charge in [-0.05, 0) is 17.7 Å². The van der Waals surface area contributed by atoms with Crippen LogP contribution < -0.4 is 0 Å². The van der Waals surface area contributed by atoms with E-state index in [-0.39, 0.29) is 11.4 Å². The van der Waals surface area contributed by atoms with Crippen LogP contribution in [0, 0.1) is 5.82 Å². The number of nitrogens with zero attached hydrogens (tertiary/aromatic N) is 3. The van der Waals surface area contributed by atoms with Crippen molar-refractivity contribution in [1.82, 2.24) is 14.7 Å². The van der Waals surface area contributed by atoms with Gasteiger partial charge < -0.3 is 9.47 Å². The molecule has 0 unspecified atom stereocenters. The number of hydrogen-bond acceptors (Lipinski definition) is 4. The number of morpholine rings is 1. The van der Waals surface area contributed by atoms with E-state index >= 15 is 0 Å². The van der Waals surface area contributed by atoms with Gasteiger partial charge in [0.25, 0.3) is 0 Å². The second kappa shape index (κ2) is 6.63. The molecule has 2 saturated heterocycles. The molecule has 1 aromatic carbocycles. The van der Waals surface area contributed by atoms with Crippen molar-refractivity contribution in [3.63, 3.8) is 0 Å². The van der Waals surface area contributed by atoms with Crippen molar-refractivity contribution in [3.8, 4) is 0 Å². The third-order valence-corrected chi connectivity index (χ3v) is 4.75. The second-order valence-corrected chi connectivity index (χ2v) is 6.72. The lowest BCUT2D eigenvalue weighted by molar-refractivity contribution is -0.111. The van der Waals surface area contributed by atoms with Gasteiger partial charge in [0.15, 0.2) is 0 Å². The van der Waals surface area contributed by atoms with Crippen LogP contribution in [-0.2, 0) is 22.6 Å². The smallest absolute Gasteiger partial charge is 0.123 e. The van der Waals surface area contributed by atoms with E-state index in [0.717, 1.165) is 44.8 Å². The third kappa shape index (κ3) is 3.50. The monoisotopic (exact) mass is 331 g/mol. The molecule has 0 bridgehead atoms. The third-order valence-electron chi connectivity index (χ3n) is 4.75. The zero-order valence-corrected chi connectivity index (χ0v) is 13.7. The summed E-state index contributed by atoms with van der Waals surface area (Å²) in [6.07, 6.45) is 4.96. The summed E-state index contributed by atoms with van der Waals surface area (Å²) in [7, 11) is 0. The predicted molar refractivity (Wildman–Crippen MR) is 87.1 cm³/mol. The summed E-state index contributed by atoms with van der Waals surface area (Å²) in [4.78, 5) is 2.41. The molecule has 2 aliphatic rings. The predicted octanol–water partition coefficient (Wildman–Crippen LogP) is 2.06. The SMILES string of the molecule is Fc1ccc(Cn2cc(CN3CCO[C@@]4(CCOC4)C3)cn2)cc1. The molecule has 0 saturated carbocycles. The first-order valence-electron chi connectivity index (χ1n) is 8.41. The van der Waals surface area contributed by atoms with Crippen LogP contribution in [0.5, 0.6) is 0 Å². The van der Waals surface area contributed by atoms with Gasteiger partial charge in [0.2, 0.25) is 0 Å². The molecule has 128 valence electrons. The summed E-state index contributed by atoms with van der Waals surface area (Å²) in [5, 5.41) is 4.43. The molecule has 5 nitrogen and oxygen atoms in total. The summed E-state index contributed by atoms with van der Waals surface area (Å²) in [5.74, 6) is -0.211. The van der Waals surface area contributed by atoms with Gasteiger partial charge in [-0.15, -0.1) is 0 Å².